The Bertz CT molecular complexity index is 366. The van der Waals surface area contributed by atoms with E-state index in [1.54, 1.807) is 0 Å². The Morgan fingerprint density at radius 3 is 2.60 bits per heavy atom. The third-order valence-corrected chi connectivity index (χ3v) is 3.37. The maximum absolute atomic E-state index is 10.1. The molecule has 0 atom stereocenters. The molecule has 2 aliphatic rings. The van der Waals surface area contributed by atoms with Crippen LogP contribution < -0.4 is 4.90 Å². The van der Waals surface area contributed by atoms with Gasteiger partial charge in [0.15, 0.2) is 5.82 Å². The van der Waals surface area contributed by atoms with Crippen molar-refractivity contribution in [3.8, 4) is 0 Å². The molecule has 4 heteroatoms. The lowest BCUT2D eigenvalue weighted by Crippen LogP contribution is -2.63. The highest BCUT2D eigenvalue weighted by atomic mass is 16.3. The van der Waals surface area contributed by atoms with Crippen molar-refractivity contribution >= 4 is 5.82 Å². The number of aromatic nitrogens is 2. The summed E-state index contributed by atoms with van der Waals surface area (Å²) in [4.78, 5) is 2.09. The molecule has 1 saturated carbocycles. The Balaban J connectivity index is 1.69. The fraction of sp³-hybridized carbons (Fsp3) is 0.636. The second-order valence-electron chi connectivity index (χ2n) is 4.77. The summed E-state index contributed by atoms with van der Waals surface area (Å²) < 4.78 is 0. The maximum Gasteiger partial charge on any atom is 0.151 e. The molecule has 1 aromatic rings. The Labute approximate surface area is 88.9 Å². The van der Waals surface area contributed by atoms with Gasteiger partial charge in [0, 0.05) is 0 Å². The van der Waals surface area contributed by atoms with Gasteiger partial charge in [0.05, 0.1) is 18.8 Å². The highest BCUT2D eigenvalue weighted by Crippen LogP contribution is 2.45. The molecule has 2 heterocycles. The average Bonchev–Trinajstić information content (AvgIpc) is 2.98. The molecule has 0 unspecified atom stereocenters. The fourth-order valence-corrected chi connectivity index (χ4v) is 2.22. The van der Waals surface area contributed by atoms with Crippen molar-refractivity contribution in [3.05, 3.63) is 17.8 Å². The van der Waals surface area contributed by atoms with Gasteiger partial charge in [-0.25, -0.2) is 0 Å². The van der Waals surface area contributed by atoms with E-state index in [1.807, 2.05) is 19.1 Å². The van der Waals surface area contributed by atoms with Crippen LogP contribution in [0.2, 0.25) is 0 Å². The summed E-state index contributed by atoms with van der Waals surface area (Å²) >= 11 is 0. The summed E-state index contributed by atoms with van der Waals surface area (Å²) in [5.74, 6) is 1.41. The number of aliphatic hydroxyl groups is 1. The van der Waals surface area contributed by atoms with Crippen LogP contribution >= 0.6 is 0 Å². The summed E-state index contributed by atoms with van der Waals surface area (Å²) in [6.07, 6.45) is 2.37. The second-order valence-corrected chi connectivity index (χ2v) is 4.77. The van der Waals surface area contributed by atoms with Crippen molar-refractivity contribution in [1.29, 1.82) is 0 Å². The van der Waals surface area contributed by atoms with E-state index in [1.165, 1.54) is 12.8 Å². The lowest BCUT2D eigenvalue weighted by Gasteiger charge is -2.47. The van der Waals surface area contributed by atoms with Gasteiger partial charge >= 0.3 is 0 Å². The first-order valence-electron chi connectivity index (χ1n) is 5.45. The monoisotopic (exact) mass is 205 g/mol. The number of anilines is 1. The van der Waals surface area contributed by atoms with Crippen LogP contribution in [-0.2, 0) is 0 Å². The van der Waals surface area contributed by atoms with E-state index in [4.69, 9.17) is 0 Å². The smallest absolute Gasteiger partial charge is 0.151 e. The molecular weight excluding hydrogens is 190 g/mol. The van der Waals surface area contributed by atoms with E-state index >= 15 is 0 Å². The largest absolute Gasteiger partial charge is 0.386 e. The molecule has 0 spiro atoms. The van der Waals surface area contributed by atoms with E-state index in [9.17, 15) is 5.11 Å². The second kappa shape index (κ2) is 2.92. The average molecular weight is 205 g/mol. The third kappa shape index (κ3) is 1.49. The minimum atomic E-state index is -0.438. The van der Waals surface area contributed by atoms with Crippen LogP contribution in [0.25, 0.3) is 0 Å². The van der Waals surface area contributed by atoms with Gasteiger partial charge in [-0.1, -0.05) is 0 Å². The first-order chi connectivity index (χ1) is 7.17. The van der Waals surface area contributed by atoms with Crippen LogP contribution in [-0.4, -0.2) is 34.0 Å². The minimum absolute atomic E-state index is 0.438. The number of β-amino-alcohol motifs (C(OH)–C–C–N with tert-alkyl or cyclic N) is 1. The quantitative estimate of drug-likeness (QED) is 0.774. The minimum Gasteiger partial charge on any atom is -0.386 e. The molecule has 1 aliphatic heterocycles. The lowest BCUT2D eigenvalue weighted by molar-refractivity contribution is -0.00982. The van der Waals surface area contributed by atoms with Crippen LogP contribution in [0.4, 0.5) is 5.82 Å². The Morgan fingerprint density at radius 1 is 1.33 bits per heavy atom. The van der Waals surface area contributed by atoms with E-state index in [-0.39, 0.29) is 0 Å². The molecule has 0 bridgehead atoms. The van der Waals surface area contributed by atoms with Crippen LogP contribution in [0, 0.1) is 12.8 Å². The molecule has 1 aliphatic carbocycles. The van der Waals surface area contributed by atoms with Crippen molar-refractivity contribution in [1.82, 2.24) is 10.2 Å². The summed E-state index contributed by atoms with van der Waals surface area (Å²) in [7, 11) is 0. The van der Waals surface area contributed by atoms with Gasteiger partial charge in [0.1, 0.15) is 5.60 Å². The zero-order valence-electron chi connectivity index (χ0n) is 8.85. The zero-order chi connectivity index (χ0) is 10.5. The first kappa shape index (κ1) is 9.09. The van der Waals surface area contributed by atoms with Crippen LogP contribution in [0.1, 0.15) is 18.5 Å². The highest BCUT2D eigenvalue weighted by Gasteiger charge is 2.52. The predicted octanol–water partition coefficient (Wildman–Crippen LogP) is 0.746. The van der Waals surface area contributed by atoms with Crippen molar-refractivity contribution in [2.24, 2.45) is 5.92 Å². The fourth-order valence-electron chi connectivity index (χ4n) is 2.22. The number of hydrogen-bond acceptors (Lipinski definition) is 4. The number of hydrogen-bond donors (Lipinski definition) is 1. The van der Waals surface area contributed by atoms with E-state index < -0.39 is 5.60 Å². The van der Waals surface area contributed by atoms with E-state index in [0.717, 1.165) is 24.6 Å². The van der Waals surface area contributed by atoms with Gasteiger partial charge in [-0.15, -0.1) is 5.10 Å². The molecule has 80 valence electrons. The summed E-state index contributed by atoms with van der Waals surface area (Å²) in [6, 6.07) is 3.92. The molecular formula is C11H15N3O. The molecule has 15 heavy (non-hydrogen) atoms. The van der Waals surface area contributed by atoms with Crippen molar-refractivity contribution < 1.29 is 5.11 Å². The van der Waals surface area contributed by atoms with Crippen molar-refractivity contribution in [2.75, 3.05) is 18.0 Å². The SMILES string of the molecule is Cc1ccc(N2CC(O)(C3CC3)C2)nn1. The zero-order valence-corrected chi connectivity index (χ0v) is 8.85. The molecule has 1 N–H and O–H groups in total. The Morgan fingerprint density at radius 2 is 2.07 bits per heavy atom. The van der Waals surface area contributed by atoms with Gasteiger partial charge in [-0.2, -0.15) is 5.10 Å². The predicted molar refractivity (Wildman–Crippen MR) is 56.7 cm³/mol. The Hall–Kier alpha value is -1.16. The highest BCUT2D eigenvalue weighted by molar-refractivity contribution is 5.43. The maximum atomic E-state index is 10.1. The molecule has 0 amide bonds. The molecule has 2 fully saturated rings. The standard InChI is InChI=1S/C11H15N3O/c1-8-2-5-10(13-12-8)14-6-11(15,7-14)9-3-4-9/h2,5,9,15H,3-4,6-7H2,1H3. The molecule has 4 nitrogen and oxygen atoms in total. The topological polar surface area (TPSA) is 49.2 Å². The van der Waals surface area contributed by atoms with Crippen molar-refractivity contribution in [2.45, 2.75) is 25.4 Å². The molecule has 1 saturated heterocycles. The number of rotatable bonds is 2. The van der Waals surface area contributed by atoms with Gasteiger partial charge in [-0.3, -0.25) is 0 Å². The van der Waals surface area contributed by atoms with Crippen LogP contribution in [0.5, 0.6) is 0 Å². The van der Waals surface area contributed by atoms with Gasteiger partial charge < -0.3 is 10.0 Å². The van der Waals surface area contributed by atoms with Gasteiger partial charge in [0.25, 0.3) is 0 Å². The van der Waals surface area contributed by atoms with Crippen LogP contribution in [0.3, 0.4) is 0 Å². The summed E-state index contributed by atoms with van der Waals surface area (Å²) in [6.45, 7) is 3.36. The van der Waals surface area contributed by atoms with Crippen molar-refractivity contribution in [3.63, 3.8) is 0 Å². The van der Waals surface area contributed by atoms with Gasteiger partial charge in [0.2, 0.25) is 0 Å². The number of nitrogens with zero attached hydrogens (tertiary/aromatic N) is 3. The van der Waals surface area contributed by atoms with E-state index in [2.05, 4.69) is 15.1 Å². The normalized spacial score (nSPS) is 23.7. The molecule has 1 aromatic heterocycles. The van der Waals surface area contributed by atoms with E-state index in [0.29, 0.717) is 5.92 Å². The molecule has 3 rings (SSSR count). The first-order valence-corrected chi connectivity index (χ1v) is 5.45. The molecule has 0 radical (unpaired) electrons. The molecule has 0 aromatic carbocycles. The summed E-state index contributed by atoms with van der Waals surface area (Å²) in [5, 5.41) is 18.3. The lowest BCUT2D eigenvalue weighted by atomic mass is 9.89. The number of aryl methyl sites for hydroxylation is 1. The van der Waals surface area contributed by atoms with Gasteiger partial charge in [-0.05, 0) is 37.8 Å². The third-order valence-electron chi connectivity index (χ3n) is 3.37. The van der Waals surface area contributed by atoms with Crippen LogP contribution in [0.15, 0.2) is 12.1 Å². The summed E-state index contributed by atoms with van der Waals surface area (Å²) in [5.41, 5.74) is 0.490. The Kier molecular flexibility index (Phi) is 1.77.